The van der Waals surface area contributed by atoms with Crippen LogP contribution in [0, 0.1) is 0 Å². The molecule has 1 aliphatic heterocycles. The molecule has 1 fully saturated rings. The van der Waals surface area contributed by atoms with E-state index in [1.165, 1.54) is 23.8 Å². The molecule has 0 radical (unpaired) electrons. The molecule has 0 spiro atoms. The third-order valence-electron chi connectivity index (χ3n) is 2.70. The zero-order chi connectivity index (χ0) is 12.1. The number of nitrogens with zero attached hydrogens (tertiary/aromatic N) is 2. The Labute approximate surface area is 116 Å². The number of thioether (sulfide) groups is 1. The van der Waals surface area contributed by atoms with Gasteiger partial charge in [0.15, 0.2) is 5.17 Å². The van der Waals surface area contributed by atoms with Gasteiger partial charge in [-0.05, 0) is 30.7 Å². The Morgan fingerprint density at radius 2 is 2.12 bits per heavy atom. The van der Waals surface area contributed by atoms with E-state index in [9.17, 15) is 0 Å². The lowest BCUT2D eigenvalue weighted by Gasteiger charge is -2.17. The lowest BCUT2D eigenvalue weighted by molar-refractivity contribution is 0.447. The van der Waals surface area contributed by atoms with Crippen molar-refractivity contribution in [3.05, 3.63) is 28.7 Å². The lowest BCUT2D eigenvalue weighted by Crippen LogP contribution is -2.25. The van der Waals surface area contributed by atoms with Crippen LogP contribution in [0.1, 0.15) is 19.8 Å². The van der Waals surface area contributed by atoms with Crippen LogP contribution in [0.5, 0.6) is 0 Å². The maximum atomic E-state index is 4.72. The molecule has 1 aromatic rings. The van der Waals surface area contributed by atoms with Gasteiger partial charge in [-0.25, -0.2) is 4.99 Å². The van der Waals surface area contributed by atoms with E-state index in [1.54, 1.807) is 0 Å². The number of amidine groups is 1. The average Bonchev–Trinajstić information content (AvgIpc) is 2.77. The van der Waals surface area contributed by atoms with Crippen molar-refractivity contribution < 1.29 is 0 Å². The predicted molar refractivity (Wildman–Crippen MR) is 80.2 cm³/mol. The maximum absolute atomic E-state index is 4.72. The molecule has 1 aliphatic rings. The van der Waals surface area contributed by atoms with Gasteiger partial charge in [0.05, 0.1) is 5.69 Å². The van der Waals surface area contributed by atoms with Crippen LogP contribution in [0.15, 0.2) is 33.7 Å². The van der Waals surface area contributed by atoms with Crippen molar-refractivity contribution in [1.82, 2.24) is 4.90 Å². The first-order chi connectivity index (χ1) is 8.29. The molecule has 92 valence electrons. The normalized spacial score (nSPS) is 18.0. The Hall–Kier alpha value is -0.480. The molecule has 0 amide bonds. The minimum absolute atomic E-state index is 1.04. The van der Waals surface area contributed by atoms with E-state index in [1.807, 2.05) is 36.0 Å². The Morgan fingerprint density at radius 3 is 2.82 bits per heavy atom. The van der Waals surface area contributed by atoms with Crippen molar-refractivity contribution in [3.63, 3.8) is 0 Å². The summed E-state index contributed by atoms with van der Waals surface area (Å²) in [6.45, 7) is 4.51. The minimum atomic E-state index is 1.04. The molecular formula is C13H17BrN2S. The lowest BCUT2D eigenvalue weighted by atomic mass is 10.3. The SMILES string of the molecule is CCCCN1CCSC1=Nc1ccc(Br)cc1. The highest BCUT2D eigenvalue weighted by Crippen LogP contribution is 2.24. The van der Waals surface area contributed by atoms with Gasteiger partial charge in [-0.1, -0.05) is 41.0 Å². The standard InChI is InChI=1S/C13H17BrN2S/c1-2-3-8-16-9-10-17-13(16)15-12-6-4-11(14)5-7-12/h4-7H,2-3,8-10H2,1H3. The highest BCUT2D eigenvalue weighted by atomic mass is 79.9. The molecule has 1 heterocycles. The fraction of sp³-hybridized carbons (Fsp3) is 0.462. The molecule has 2 nitrogen and oxygen atoms in total. The fourth-order valence-corrected chi connectivity index (χ4v) is 3.01. The molecule has 0 saturated carbocycles. The summed E-state index contributed by atoms with van der Waals surface area (Å²) in [7, 11) is 0. The van der Waals surface area contributed by atoms with Gasteiger partial charge < -0.3 is 4.90 Å². The van der Waals surface area contributed by atoms with E-state index >= 15 is 0 Å². The number of rotatable bonds is 4. The first-order valence-corrected chi connectivity index (χ1v) is 7.79. The summed E-state index contributed by atoms with van der Waals surface area (Å²) in [5.74, 6) is 1.17. The average molecular weight is 313 g/mol. The molecular weight excluding hydrogens is 296 g/mol. The van der Waals surface area contributed by atoms with E-state index < -0.39 is 0 Å². The molecule has 1 saturated heterocycles. The van der Waals surface area contributed by atoms with Gasteiger partial charge in [0.25, 0.3) is 0 Å². The number of hydrogen-bond donors (Lipinski definition) is 0. The van der Waals surface area contributed by atoms with Crippen molar-refractivity contribution in [3.8, 4) is 0 Å². The molecule has 0 bridgehead atoms. The minimum Gasteiger partial charge on any atom is -0.350 e. The van der Waals surface area contributed by atoms with Crippen LogP contribution in [-0.2, 0) is 0 Å². The van der Waals surface area contributed by atoms with Gasteiger partial charge >= 0.3 is 0 Å². The molecule has 2 rings (SSSR count). The van der Waals surface area contributed by atoms with E-state index in [2.05, 4.69) is 27.8 Å². The number of halogens is 1. The first kappa shape index (κ1) is 13.0. The molecule has 4 heteroatoms. The number of benzene rings is 1. The Balaban J connectivity index is 2.06. The highest BCUT2D eigenvalue weighted by molar-refractivity contribution is 9.10. The summed E-state index contributed by atoms with van der Waals surface area (Å²) in [4.78, 5) is 7.12. The van der Waals surface area contributed by atoms with Gasteiger partial charge in [0, 0.05) is 23.3 Å². The third-order valence-corrected chi connectivity index (χ3v) is 4.22. The van der Waals surface area contributed by atoms with E-state index in [4.69, 9.17) is 4.99 Å². The van der Waals surface area contributed by atoms with Crippen molar-refractivity contribution in [2.24, 2.45) is 4.99 Å². The second kappa shape index (κ2) is 6.45. The molecule has 0 N–H and O–H groups in total. The van der Waals surface area contributed by atoms with Crippen molar-refractivity contribution in [2.75, 3.05) is 18.8 Å². The maximum Gasteiger partial charge on any atom is 0.164 e. The Morgan fingerprint density at radius 1 is 1.35 bits per heavy atom. The summed E-state index contributed by atoms with van der Waals surface area (Å²) < 4.78 is 1.10. The molecule has 0 unspecified atom stereocenters. The van der Waals surface area contributed by atoms with Crippen LogP contribution in [0.25, 0.3) is 0 Å². The van der Waals surface area contributed by atoms with Crippen molar-refractivity contribution in [2.45, 2.75) is 19.8 Å². The van der Waals surface area contributed by atoms with Crippen LogP contribution in [0.4, 0.5) is 5.69 Å². The zero-order valence-corrected chi connectivity index (χ0v) is 12.4. The molecule has 0 aromatic heterocycles. The van der Waals surface area contributed by atoms with Crippen LogP contribution < -0.4 is 0 Å². The highest BCUT2D eigenvalue weighted by Gasteiger charge is 2.18. The summed E-state index contributed by atoms with van der Waals surface area (Å²) in [5.41, 5.74) is 1.04. The molecule has 0 atom stereocenters. The van der Waals surface area contributed by atoms with Crippen molar-refractivity contribution in [1.29, 1.82) is 0 Å². The molecule has 0 aliphatic carbocycles. The summed E-state index contributed by atoms with van der Waals surface area (Å²) in [5, 5.41) is 1.18. The van der Waals surface area contributed by atoms with Gasteiger partial charge in [-0.3, -0.25) is 0 Å². The smallest absolute Gasteiger partial charge is 0.164 e. The quantitative estimate of drug-likeness (QED) is 0.824. The van der Waals surface area contributed by atoms with Gasteiger partial charge in [0.2, 0.25) is 0 Å². The van der Waals surface area contributed by atoms with Crippen molar-refractivity contribution >= 4 is 38.5 Å². The van der Waals surface area contributed by atoms with Gasteiger partial charge in [-0.2, -0.15) is 0 Å². The fourth-order valence-electron chi connectivity index (χ4n) is 1.72. The second-order valence-electron chi connectivity index (χ2n) is 4.06. The Bertz CT molecular complexity index is 389. The predicted octanol–water partition coefficient (Wildman–Crippen LogP) is 4.29. The summed E-state index contributed by atoms with van der Waals surface area (Å²) >= 11 is 5.30. The van der Waals surface area contributed by atoms with Crippen LogP contribution in [0.3, 0.4) is 0 Å². The third kappa shape index (κ3) is 3.75. The molecule has 17 heavy (non-hydrogen) atoms. The van der Waals surface area contributed by atoms with Crippen LogP contribution in [-0.4, -0.2) is 28.9 Å². The number of aliphatic imine (C=N–C) groups is 1. The largest absolute Gasteiger partial charge is 0.350 e. The monoisotopic (exact) mass is 312 g/mol. The zero-order valence-electron chi connectivity index (χ0n) is 10.0. The topological polar surface area (TPSA) is 15.6 Å². The van der Waals surface area contributed by atoms with E-state index in [-0.39, 0.29) is 0 Å². The Kier molecular flexibility index (Phi) is 4.92. The number of hydrogen-bond acceptors (Lipinski definition) is 2. The van der Waals surface area contributed by atoms with E-state index in [0.717, 1.165) is 23.2 Å². The summed E-state index contributed by atoms with van der Waals surface area (Å²) in [6, 6.07) is 8.17. The van der Waals surface area contributed by atoms with Gasteiger partial charge in [0.1, 0.15) is 0 Å². The number of unbranched alkanes of at least 4 members (excludes halogenated alkanes) is 1. The second-order valence-corrected chi connectivity index (χ2v) is 6.04. The van der Waals surface area contributed by atoms with E-state index in [0.29, 0.717) is 0 Å². The van der Waals surface area contributed by atoms with Crippen LogP contribution in [0.2, 0.25) is 0 Å². The van der Waals surface area contributed by atoms with Crippen LogP contribution >= 0.6 is 27.7 Å². The molecule has 1 aromatic carbocycles. The first-order valence-electron chi connectivity index (χ1n) is 6.01. The van der Waals surface area contributed by atoms with Gasteiger partial charge in [-0.15, -0.1) is 0 Å². The summed E-state index contributed by atoms with van der Waals surface area (Å²) in [6.07, 6.45) is 2.49.